The summed E-state index contributed by atoms with van der Waals surface area (Å²) < 4.78 is 42.9. The Morgan fingerprint density at radius 2 is 1.71 bits per heavy atom. The van der Waals surface area contributed by atoms with E-state index in [4.69, 9.17) is 14.2 Å². The molecular weight excluding hydrogens is 464 g/mol. The molecule has 34 heavy (non-hydrogen) atoms. The molecular formula is C25H31F2NO5S. The number of hydrogen-bond donors (Lipinski definition) is 0. The van der Waals surface area contributed by atoms with Gasteiger partial charge in [-0.1, -0.05) is 6.07 Å². The molecule has 6 nitrogen and oxygen atoms in total. The Morgan fingerprint density at radius 1 is 1.03 bits per heavy atom. The summed E-state index contributed by atoms with van der Waals surface area (Å²) in [5.74, 6) is 0.0339. The molecule has 0 atom stereocenters. The second-order valence-electron chi connectivity index (χ2n) is 7.49. The molecule has 0 aliphatic heterocycles. The number of carbonyl (C=O) groups is 2. The molecule has 0 aromatic heterocycles. The Bertz CT molecular complexity index is 961. The summed E-state index contributed by atoms with van der Waals surface area (Å²) in [5, 5.41) is 0. The zero-order chi connectivity index (χ0) is 25.1. The maximum Gasteiger partial charge on any atom is 0.315 e. The zero-order valence-corrected chi connectivity index (χ0v) is 20.8. The molecule has 0 heterocycles. The summed E-state index contributed by atoms with van der Waals surface area (Å²) in [6.45, 7) is 4.65. The van der Waals surface area contributed by atoms with Crippen LogP contribution in [0.3, 0.4) is 0 Å². The average Bonchev–Trinajstić information content (AvgIpc) is 2.81. The van der Waals surface area contributed by atoms with Gasteiger partial charge in [-0.2, -0.15) is 0 Å². The van der Waals surface area contributed by atoms with E-state index in [1.807, 2.05) is 6.92 Å². The summed E-state index contributed by atoms with van der Waals surface area (Å²) >= 11 is 1.37. The smallest absolute Gasteiger partial charge is 0.315 e. The molecule has 0 spiro atoms. The van der Waals surface area contributed by atoms with Gasteiger partial charge in [-0.3, -0.25) is 9.59 Å². The number of hydrogen-bond acceptors (Lipinski definition) is 6. The Morgan fingerprint density at radius 3 is 2.29 bits per heavy atom. The van der Waals surface area contributed by atoms with Gasteiger partial charge in [-0.05, 0) is 50.5 Å². The summed E-state index contributed by atoms with van der Waals surface area (Å²) in [6, 6.07) is 6.83. The molecule has 0 unspecified atom stereocenters. The van der Waals surface area contributed by atoms with Gasteiger partial charge in [0.1, 0.15) is 23.1 Å². The first-order valence-electron chi connectivity index (χ1n) is 11.0. The van der Waals surface area contributed by atoms with E-state index in [1.54, 1.807) is 24.0 Å². The van der Waals surface area contributed by atoms with Crippen LogP contribution < -0.4 is 9.47 Å². The van der Waals surface area contributed by atoms with E-state index in [9.17, 15) is 18.4 Å². The molecule has 9 heteroatoms. The van der Waals surface area contributed by atoms with Crippen LogP contribution >= 0.6 is 11.8 Å². The maximum absolute atomic E-state index is 14.0. The van der Waals surface area contributed by atoms with Crippen LogP contribution in [0.25, 0.3) is 0 Å². The van der Waals surface area contributed by atoms with Crippen molar-refractivity contribution in [1.29, 1.82) is 0 Å². The van der Waals surface area contributed by atoms with Crippen LogP contribution in [0, 0.1) is 18.6 Å². The van der Waals surface area contributed by atoms with Gasteiger partial charge >= 0.3 is 5.97 Å². The largest absolute Gasteiger partial charge is 0.496 e. The normalized spacial score (nSPS) is 10.6. The van der Waals surface area contributed by atoms with Gasteiger partial charge in [0.25, 0.3) is 5.91 Å². The molecule has 0 fully saturated rings. The topological polar surface area (TPSA) is 65.1 Å². The number of esters is 1. The van der Waals surface area contributed by atoms with E-state index in [2.05, 4.69) is 0 Å². The highest BCUT2D eigenvalue weighted by atomic mass is 32.2. The highest BCUT2D eigenvalue weighted by Crippen LogP contribution is 2.30. The van der Waals surface area contributed by atoms with Gasteiger partial charge in [0.15, 0.2) is 0 Å². The fourth-order valence-electron chi connectivity index (χ4n) is 3.42. The predicted octanol–water partition coefficient (Wildman–Crippen LogP) is 4.66. The number of carbonyl (C=O) groups excluding carboxylic acids is 2. The third-order valence-electron chi connectivity index (χ3n) is 5.21. The molecule has 186 valence electrons. The maximum atomic E-state index is 14.0. The monoisotopic (exact) mass is 495 g/mol. The van der Waals surface area contributed by atoms with Crippen LogP contribution in [0.1, 0.15) is 34.8 Å². The number of amides is 1. The predicted molar refractivity (Wildman–Crippen MR) is 129 cm³/mol. The zero-order valence-electron chi connectivity index (χ0n) is 20.0. The van der Waals surface area contributed by atoms with Crippen LogP contribution in [0.5, 0.6) is 11.5 Å². The average molecular weight is 496 g/mol. The Kier molecular flexibility index (Phi) is 11.1. The molecule has 0 radical (unpaired) electrons. The van der Waals surface area contributed by atoms with E-state index in [-0.39, 0.29) is 17.6 Å². The fourth-order valence-corrected chi connectivity index (χ4v) is 4.17. The SMILES string of the molecule is CCOC(=O)CSCCN(CCCc1ccc(F)cc1F)C(=O)c1cc(OC)c(C)c(OC)c1. The Balaban J connectivity index is 2.13. The molecule has 2 aromatic carbocycles. The van der Waals surface area contributed by atoms with Gasteiger partial charge < -0.3 is 19.1 Å². The van der Waals surface area contributed by atoms with Gasteiger partial charge in [-0.15, -0.1) is 11.8 Å². The standard InChI is InChI=1S/C25H31F2NO5S/c1-5-33-24(29)16-34-12-11-28(10-6-7-18-8-9-20(26)15-21(18)27)25(30)19-13-22(31-3)17(2)23(14-19)32-4/h8-9,13-15H,5-7,10-12,16H2,1-4H3. The van der Waals surface area contributed by atoms with Crippen molar-refractivity contribution in [2.45, 2.75) is 26.7 Å². The van der Waals surface area contributed by atoms with Crippen LogP contribution in [-0.2, 0) is 16.0 Å². The van der Waals surface area contributed by atoms with Crippen molar-refractivity contribution >= 4 is 23.6 Å². The van der Waals surface area contributed by atoms with Crippen molar-refractivity contribution in [3.63, 3.8) is 0 Å². The van der Waals surface area contributed by atoms with Crippen molar-refractivity contribution in [2.75, 3.05) is 45.4 Å². The number of thioether (sulfide) groups is 1. The lowest BCUT2D eigenvalue weighted by molar-refractivity contribution is -0.139. The minimum Gasteiger partial charge on any atom is -0.496 e. The molecule has 0 bridgehead atoms. The first-order valence-corrected chi connectivity index (χ1v) is 12.1. The summed E-state index contributed by atoms with van der Waals surface area (Å²) in [7, 11) is 3.05. The number of nitrogens with zero attached hydrogens (tertiary/aromatic N) is 1. The van der Waals surface area contributed by atoms with Crippen molar-refractivity contribution in [2.24, 2.45) is 0 Å². The minimum absolute atomic E-state index is 0.197. The first kappa shape index (κ1) is 27.4. The highest BCUT2D eigenvalue weighted by molar-refractivity contribution is 7.99. The van der Waals surface area contributed by atoms with Crippen LogP contribution in [0.2, 0.25) is 0 Å². The summed E-state index contributed by atoms with van der Waals surface area (Å²) in [5.41, 5.74) is 1.58. The summed E-state index contributed by atoms with van der Waals surface area (Å²) in [6.07, 6.45) is 0.837. The number of methoxy groups -OCH3 is 2. The van der Waals surface area contributed by atoms with Crippen LogP contribution in [0.15, 0.2) is 30.3 Å². The lowest BCUT2D eigenvalue weighted by atomic mass is 10.1. The fraction of sp³-hybridized carbons (Fsp3) is 0.440. The van der Waals surface area contributed by atoms with E-state index in [0.29, 0.717) is 60.9 Å². The van der Waals surface area contributed by atoms with Crippen LogP contribution in [0.4, 0.5) is 8.78 Å². The van der Waals surface area contributed by atoms with E-state index in [1.165, 1.54) is 38.1 Å². The number of halogens is 2. The minimum atomic E-state index is -0.626. The van der Waals surface area contributed by atoms with Gasteiger partial charge in [0, 0.05) is 36.0 Å². The van der Waals surface area contributed by atoms with Crippen molar-refractivity contribution in [3.05, 3.63) is 58.7 Å². The lowest BCUT2D eigenvalue weighted by Gasteiger charge is -2.24. The Labute approximate surface area is 203 Å². The number of aryl methyl sites for hydroxylation is 1. The quantitative estimate of drug-likeness (QED) is 0.298. The molecule has 0 saturated carbocycles. The van der Waals surface area contributed by atoms with E-state index in [0.717, 1.165) is 11.6 Å². The highest BCUT2D eigenvalue weighted by Gasteiger charge is 2.20. The molecule has 2 rings (SSSR count). The third-order valence-corrected chi connectivity index (χ3v) is 6.12. The van der Waals surface area contributed by atoms with Crippen molar-refractivity contribution < 1.29 is 32.6 Å². The van der Waals surface area contributed by atoms with E-state index >= 15 is 0 Å². The molecule has 0 aliphatic rings. The van der Waals surface area contributed by atoms with Gasteiger partial charge in [-0.25, -0.2) is 8.78 Å². The first-order chi connectivity index (χ1) is 16.3. The molecule has 0 aliphatic carbocycles. The lowest BCUT2D eigenvalue weighted by Crippen LogP contribution is -2.34. The number of rotatable bonds is 13. The van der Waals surface area contributed by atoms with Crippen molar-refractivity contribution in [1.82, 2.24) is 4.90 Å². The number of ether oxygens (including phenoxy) is 3. The van der Waals surface area contributed by atoms with Gasteiger partial charge in [0.05, 0.1) is 26.6 Å². The number of benzene rings is 2. The molecule has 2 aromatic rings. The van der Waals surface area contributed by atoms with Crippen LogP contribution in [-0.4, -0.2) is 62.2 Å². The molecule has 0 saturated heterocycles. The van der Waals surface area contributed by atoms with Gasteiger partial charge in [0.2, 0.25) is 0 Å². The molecule has 0 N–H and O–H groups in total. The van der Waals surface area contributed by atoms with E-state index < -0.39 is 11.6 Å². The third kappa shape index (κ3) is 7.90. The second kappa shape index (κ2) is 13.8. The van der Waals surface area contributed by atoms with Crippen molar-refractivity contribution in [3.8, 4) is 11.5 Å². The molecule has 1 amide bonds. The summed E-state index contributed by atoms with van der Waals surface area (Å²) in [4.78, 5) is 26.6. The Hall–Kier alpha value is -2.81. The second-order valence-corrected chi connectivity index (χ2v) is 8.60.